The van der Waals surface area contributed by atoms with Gasteiger partial charge in [-0.2, -0.15) is 4.31 Å². The number of halogens is 1. The highest BCUT2D eigenvalue weighted by Gasteiger charge is 2.26. The summed E-state index contributed by atoms with van der Waals surface area (Å²) in [5, 5.41) is 10.8. The van der Waals surface area contributed by atoms with Gasteiger partial charge in [0, 0.05) is 19.2 Å². The Morgan fingerprint density at radius 2 is 1.73 bits per heavy atom. The van der Waals surface area contributed by atoms with Crippen molar-refractivity contribution in [3.63, 3.8) is 0 Å². The van der Waals surface area contributed by atoms with E-state index in [2.05, 4.69) is 0 Å². The Morgan fingerprint density at radius 3 is 2.18 bits per heavy atom. The van der Waals surface area contributed by atoms with Gasteiger partial charge in [-0.25, -0.2) is 8.42 Å². The molecule has 0 atom stereocenters. The third-order valence-electron chi connectivity index (χ3n) is 2.98. The molecule has 10 heteroatoms. The van der Waals surface area contributed by atoms with Crippen molar-refractivity contribution in [2.24, 2.45) is 11.5 Å². The second kappa shape index (κ2) is 8.39. The molecule has 0 aromatic heterocycles. The molecule has 0 amide bonds. The van der Waals surface area contributed by atoms with Gasteiger partial charge in [0.15, 0.2) is 0 Å². The smallest absolute Gasteiger partial charge is 0.289 e. The summed E-state index contributed by atoms with van der Waals surface area (Å²) < 4.78 is 26.5. The summed E-state index contributed by atoms with van der Waals surface area (Å²) in [6.45, 7) is 1.15. The zero-order valence-electron chi connectivity index (χ0n) is 11.9. The summed E-state index contributed by atoms with van der Waals surface area (Å²) in [4.78, 5) is 10.0. The fourth-order valence-corrected chi connectivity index (χ4v) is 3.55. The summed E-state index contributed by atoms with van der Waals surface area (Å²) in [6.07, 6.45) is 0.971. The Hall–Kier alpha value is -1.26. The molecule has 0 spiro atoms. The molecule has 0 unspecified atom stereocenters. The fraction of sp³-hybridized carbons (Fsp3) is 0.500. The van der Waals surface area contributed by atoms with E-state index in [-0.39, 0.29) is 23.0 Å². The van der Waals surface area contributed by atoms with Gasteiger partial charge in [0.2, 0.25) is 10.0 Å². The predicted molar refractivity (Wildman–Crippen MR) is 84.2 cm³/mol. The van der Waals surface area contributed by atoms with Gasteiger partial charge in [0.05, 0.1) is 9.82 Å². The van der Waals surface area contributed by atoms with Crippen LogP contribution in [0, 0.1) is 10.1 Å². The molecule has 1 rings (SSSR count). The quantitative estimate of drug-likeness (QED) is 0.503. The number of benzene rings is 1. The first kappa shape index (κ1) is 18.8. The van der Waals surface area contributed by atoms with Crippen LogP contribution in [0.3, 0.4) is 0 Å². The largest absolute Gasteiger partial charge is 0.330 e. The summed E-state index contributed by atoms with van der Waals surface area (Å²) >= 11 is 5.70. The van der Waals surface area contributed by atoms with Crippen LogP contribution in [0.2, 0.25) is 5.02 Å². The number of hydrogen-bond donors (Lipinski definition) is 2. The van der Waals surface area contributed by atoms with Gasteiger partial charge in [-0.15, -0.1) is 0 Å². The monoisotopic (exact) mass is 350 g/mol. The van der Waals surface area contributed by atoms with Crippen LogP contribution >= 0.6 is 11.6 Å². The first-order valence-corrected chi connectivity index (χ1v) is 8.50. The second-order valence-electron chi connectivity index (χ2n) is 4.56. The van der Waals surface area contributed by atoms with E-state index in [9.17, 15) is 18.5 Å². The van der Waals surface area contributed by atoms with Crippen molar-refractivity contribution >= 4 is 27.3 Å². The predicted octanol–water partition coefficient (Wildman–Crippen LogP) is 0.937. The first-order valence-electron chi connectivity index (χ1n) is 6.68. The molecule has 0 aliphatic rings. The molecule has 0 aliphatic heterocycles. The van der Waals surface area contributed by atoms with E-state index < -0.39 is 20.6 Å². The van der Waals surface area contributed by atoms with E-state index in [4.69, 9.17) is 23.1 Å². The van der Waals surface area contributed by atoms with Gasteiger partial charge in [-0.1, -0.05) is 11.6 Å². The van der Waals surface area contributed by atoms with Crippen molar-refractivity contribution in [1.29, 1.82) is 0 Å². The van der Waals surface area contributed by atoms with E-state index >= 15 is 0 Å². The van der Waals surface area contributed by atoms with E-state index in [1.165, 1.54) is 16.4 Å². The molecule has 8 nitrogen and oxygen atoms in total. The Morgan fingerprint density at radius 1 is 1.18 bits per heavy atom. The van der Waals surface area contributed by atoms with Crippen molar-refractivity contribution in [3.05, 3.63) is 33.3 Å². The van der Waals surface area contributed by atoms with Crippen LogP contribution in [0.1, 0.15) is 12.8 Å². The standard InChI is InChI=1S/C12H19ClN4O4S/c13-11-4-3-10(9-12(11)17(18)19)22(20,21)16(7-1-5-14)8-2-6-15/h3-4,9H,1-2,5-8,14-15H2. The number of rotatable bonds is 9. The number of nitro groups is 1. The van der Waals surface area contributed by atoms with Gasteiger partial charge in [-0.05, 0) is 38.1 Å². The summed E-state index contributed by atoms with van der Waals surface area (Å²) in [5.74, 6) is 0. The van der Waals surface area contributed by atoms with Crippen molar-refractivity contribution < 1.29 is 13.3 Å². The average Bonchev–Trinajstić information content (AvgIpc) is 2.47. The molecule has 4 N–H and O–H groups in total. The molecule has 0 bridgehead atoms. The van der Waals surface area contributed by atoms with Crippen molar-refractivity contribution in [2.45, 2.75) is 17.7 Å². The zero-order chi connectivity index (χ0) is 16.8. The van der Waals surface area contributed by atoms with Gasteiger partial charge >= 0.3 is 0 Å². The van der Waals surface area contributed by atoms with Crippen LogP contribution < -0.4 is 11.5 Å². The Kier molecular flexibility index (Phi) is 7.17. The van der Waals surface area contributed by atoms with Crippen LogP contribution in [-0.2, 0) is 10.0 Å². The normalized spacial score (nSPS) is 11.8. The van der Waals surface area contributed by atoms with Crippen LogP contribution in [0.4, 0.5) is 5.69 Å². The first-order chi connectivity index (χ1) is 10.3. The minimum Gasteiger partial charge on any atom is -0.330 e. The Labute approximate surface area is 134 Å². The maximum atomic E-state index is 12.6. The Balaban J connectivity index is 3.18. The molecule has 0 aliphatic carbocycles. The number of nitrogens with zero attached hydrogens (tertiary/aromatic N) is 2. The van der Waals surface area contributed by atoms with Crippen molar-refractivity contribution in [3.8, 4) is 0 Å². The lowest BCUT2D eigenvalue weighted by Gasteiger charge is -2.21. The molecule has 124 valence electrons. The summed E-state index contributed by atoms with van der Waals surface area (Å²) in [6, 6.07) is 3.43. The molecule has 0 saturated carbocycles. The van der Waals surface area contributed by atoms with Crippen molar-refractivity contribution in [1.82, 2.24) is 4.31 Å². The SMILES string of the molecule is NCCCN(CCCN)S(=O)(=O)c1ccc(Cl)c([N+](=O)[O-])c1. The van der Waals surface area contributed by atoms with Gasteiger partial charge in [-0.3, -0.25) is 10.1 Å². The molecule has 1 aromatic carbocycles. The molecule has 0 saturated heterocycles. The maximum absolute atomic E-state index is 12.6. The molecule has 0 radical (unpaired) electrons. The third-order valence-corrected chi connectivity index (χ3v) is 5.19. The summed E-state index contributed by atoms with van der Waals surface area (Å²) in [7, 11) is -3.86. The highest BCUT2D eigenvalue weighted by molar-refractivity contribution is 7.89. The van der Waals surface area contributed by atoms with E-state index in [1.54, 1.807) is 0 Å². The molecular weight excluding hydrogens is 332 g/mol. The lowest BCUT2D eigenvalue weighted by molar-refractivity contribution is -0.384. The van der Waals surface area contributed by atoms with Gasteiger partial charge in [0.25, 0.3) is 5.69 Å². The van der Waals surface area contributed by atoms with E-state index in [0.29, 0.717) is 25.9 Å². The zero-order valence-corrected chi connectivity index (χ0v) is 13.5. The number of sulfonamides is 1. The maximum Gasteiger partial charge on any atom is 0.289 e. The van der Waals surface area contributed by atoms with Crippen molar-refractivity contribution in [2.75, 3.05) is 26.2 Å². The van der Waals surface area contributed by atoms with Gasteiger partial charge < -0.3 is 11.5 Å². The van der Waals surface area contributed by atoms with E-state index in [0.717, 1.165) is 6.07 Å². The lowest BCUT2D eigenvalue weighted by atomic mass is 10.3. The number of hydrogen-bond acceptors (Lipinski definition) is 6. The molecule has 1 aromatic rings. The summed E-state index contributed by atoms with van der Waals surface area (Å²) in [5.41, 5.74) is 10.4. The molecule has 0 fully saturated rings. The van der Waals surface area contributed by atoms with Crippen LogP contribution in [0.25, 0.3) is 0 Å². The minimum absolute atomic E-state index is 0.112. The minimum atomic E-state index is -3.86. The highest BCUT2D eigenvalue weighted by Crippen LogP contribution is 2.28. The Bertz CT molecular complexity index is 616. The van der Waals surface area contributed by atoms with Crippen LogP contribution in [0.5, 0.6) is 0 Å². The van der Waals surface area contributed by atoms with Crippen LogP contribution in [-0.4, -0.2) is 43.8 Å². The molecule has 0 heterocycles. The average molecular weight is 351 g/mol. The third kappa shape index (κ3) is 4.62. The lowest BCUT2D eigenvalue weighted by Crippen LogP contribution is -2.34. The van der Waals surface area contributed by atoms with Gasteiger partial charge in [0.1, 0.15) is 5.02 Å². The number of nitrogens with two attached hydrogens (primary N) is 2. The molecular formula is C12H19ClN4O4S. The fourth-order valence-electron chi connectivity index (χ4n) is 1.83. The number of nitro benzene ring substituents is 1. The highest BCUT2D eigenvalue weighted by atomic mass is 35.5. The van der Waals surface area contributed by atoms with E-state index in [1.807, 2.05) is 0 Å². The van der Waals surface area contributed by atoms with Crippen LogP contribution in [0.15, 0.2) is 23.1 Å². The second-order valence-corrected chi connectivity index (χ2v) is 6.90. The molecule has 22 heavy (non-hydrogen) atoms. The topological polar surface area (TPSA) is 133 Å².